The van der Waals surface area contributed by atoms with E-state index < -0.39 is 0 Å². The fourth-order valence-corrected chi connectivity index (χ4v) is 2.70. The SMILES string of the molecule is N#CC1=CCC(N2C(=O)c3ccccc3C2=O)CC1. The van der Waals surface area contributed by atoms with Crippen LogP contribution in [-0.2, 0) is 0 Å². The molecule has 0 fully saturated rings. The van der Waals surface area contributed by atoms with Crippen LogP contribution in [0.5, 0.6) is 0 Å². The summed E-state index contributed by atoms with van der Waals surface area (Å²) in [5, 5.41) is 8.82. The predicted octanol–water partition coefficient (Wildman–Crippen LogP) is 2.29. The number of nitriles is 1. The minimum absolute atomic E-state index is 0.121. The summed E-state index contributed by atoms with van der Waals surface area (Å²) in [6, 6.07) is 8.92. The highest BCUT2D eigenvalue weighted by Crippen LogP contribution is 2.30. The van der Waals surface area contributed by atoms with Crippen LogP contribution in [0.3, 0.4) is 0 Å². The van der Waals surface area contributed by atoms with Crippen LogP contribution in [0.4, 0.5) is 0 Å². The number of carbonyl (C=O) groups is 2. The molecule has 1 unspecified atom stereocenters. The first kappa shape index (κ1) is 11.7. The molecular formula is C15H12N2O2. The van der Waals surface area contributed by atoms with E-state index in [1.807, 2.05) is 6.08 Å². The molecule has 0 N–H and O–H groups in total. The number of amides is 2. The maximum atomic E-state index is 12.3. The van der Waals surface area contributed by atoms with Crippen LogP contribution in [0, 0.1) is 11.3 Å². The number of hydrogen-bond donors (Lipinski definition) is 0. The number of carbonyl (C=O) groups excluding carboxylic acids is 2. The zero-order valence-corrected chi connectivity index (χ0v) is 10.3. The minimum Gasteiger partial charge on any atom is -0.271 e. The number of rotatable bonds is 1. The Morgan fingerprint density at radius 1 is 1.16 bits per heavy atom. The van der Waals surface area contributed by atoms with E-state index in [-0.39, 0.29) is 17.9 Å². The molecule has 0 saturated heterocycles. The van der Waals surface area contributed by atoms with Crippen molar-refractivity contribution in [1.82, 2.24) is 4.90 Å². The van der Waals surface area contributed by atoms with E-state index in [1.165, 1.54) is 4.90 Å². The van der Waals surface area contributed by atoms with Gasteiger partial charge in [0, 0.05) is 11.6 Å². The summed E-state index contributed by atoms with van der Waals surface area (Å²) in [7, 11) is 0. The normalized spacial score (nSPS) is 21.9. The number of fused-ring (bicyclic) bond motifs is 1. The monoisotopic (exact) mass is 252 g/mol. The molecule has 1 atom stereocenters. The number of allylic oxidation sites excluding steroid dienone is 1. The lowest BCUT2D eigenvalue weighted by molar-refractivity contribution is 0.0574. The zero-order valence-electron chi connectivity index (χ0n) is 10.3. The minimum atomic E-state index is -0.209. The molecule has 0 saturated carbocycles. The number of nitrogens with zero attached hydrogens (tertiary/aromatic N) is 2. The van der Waals surface area contributed by atoms with Gasteiger partial charge in [-0.05, 0) is 31.4 Å². The fourth-order valence-electron chi connectivity index (χ4n) is 2.70. The van der Waals surface area contributed by atoms with Crippen molar-refractivity contribution in [2.24, 2.45) is 0 Å². The number of benzene rings is 1. The first-order valence-electron chi connectivity index (χ1n) is 6.28. The van der Waals surface area contributed by atoms with Gasteiger partial charge in [0.1, 0.15) is 0 Å². The van der Waals surface area contributed by atoms with Gasteiger partial charge in [0.25, 0.3) is 11.8 Å². The number of imide groups is 1. The lowest BCUT2D eigenvalue weighted by Gasteiger charge is -2.27. The van der Waals surface area contributed by atoms with Crippen LogP contribution in [0.15, 0.2) is 35.9 Å². The second-order valence-electron chi connectivity index (χ2n) is 4.80. The third-order valence-corrected chi connectivity index (χ3v) is 3.72. The van der Waals surface area contributed by atoms with Gasteiger partial charge in [-0.15, -0.1) is 0 Å². The average Bonchev–Trinajstić information content (AvgIpc) is 2.72. The number of hydrogen-bond acceptors (Lipinski definition) is 3. The summed E-state index contributed by atoms with van der Waals surface area (Å²) in [4.78, 5) is 25.9. The van der Waals surface area contributed by atoms with Crippen LogP contribution in [0.1, 0.15) is 40.0 Å². The standard InChI is InChI=1S/C15H12N2O2/c16-9-10-5-7-11(8-6-10)17-14(18)12-3-1-2-4-13(12)15(17)19/h1-5,11H,6-8H2. The van der Waals surface area contributed by atoms with Crippen molar-refractivity contribution >= 4 is 11.8 Å². The van der Waals surface area contributed by atoms with Gasteiger partial charge in [0.05, 0.1) is 17.2 Å². The molecule has 94 valence electrons. The molecular weight excluding hydrogens is 240 g/mol. The Labute approximate surface area is 110 Å². The zero-order chi connectivity index (χ0) is 13.4. The lowest BCUT2D eigenvalue weighted by atomic mass is 9.95. The summed E-state index contributed by atoms with van der Waals surface area (Å²) < 4.78 is 0. The van der Waals surface area contributed by atoms with E-state index in [1.54, 1.807) is 24.3 Å². The highest BCUT2D eigenvalue weighted by Gasteiger charge is 2.39. The van der Waals surface area contributed by atoms with Crippen molar-refractivity contribution in [3.8, 4) is 6.07 Å². The van der Waals surface area contributed by atoms with E-state index in [9.17, 15) is 9.59 Å². The molecule has 4 nitrogen and oxygen atoms in total. The third kappa shape index (κ3) is 1.75. The molecule has 1 aromatic carbocycles. The van der Waals surface area contributed by atoms with Crippen molar-refractivity contribution in [3.63, 3.8) is 0 Å². The largest absolute Gasteiger partial charge is 0.271 e. The van der Waals surface area contributed by atoms with Crippen molar-refractivity contribution < 1.29 is 9.59 Å². The maximum Gasteiger partial charge on any atom is 0.261 e. The van der Waals surface area contributed by atoms with E-state index >= 15 is 0 Å². The Bertz CT molecular complexity index is 605. The van der Waals surface area contributed by atoms with Crippen LogP contribution in [0.2, 0.25) is 0 Å². The molecule has 1 aliphatic carbocycles. The quantitative estimate of drug-likeness (QED) is 0.720. The topological polar surface area (TPSA) is 61.2 Å². The highest BCUT2D eigenvalue weighted by atomic mass is 16.2. The molecule has 2 aliphatic rings. The van der Waals surface area contributed by atoms with Crippen molar-refractivity contribution in [2.75, 3.05) is 0 Å². The molecule has 0 radical (unpaired) electrons. The van der Waals surface area contributed by atoms with Gasteiger partial charge < -0.3 is 0 Å². The van der Waals surface area contributed by atoms with Gasteiger partial charge in [-0.2, -0.15) is 5.26 Å². The summed E-state index contributed by atoms with van der Waals surface area (Å²) in [5.74, 6) is -0.418. The summed E-state index contributed by atoms with van der Waals surface area (Å²) in [6.07, 6.45) is 3.71. The second kappa shape index (κ2) is 4.36. The molecule has 19 heavy (non-hydrogen) atoms. The van der Waals surface area contributed by atoms with Crippen LogP contribution >= 0.6 is 0 Å². The molecule has 1 aliphatic heterocycles. The van der Waals surface area contributed by atoms with Crippen molar-refractivity contribution in [2.45, 2.75) is 25.3 Å². The summed E-state index contributed by atoms with van der Waals surface area (Å²) in [6.45, 7) is 0. The summed E-state index contributed by atoms with van der Waals surface area (Å²) >= 11 is 0. The molecule has 1 heterocycles. The third-order valence-electron chi connectivity index (χ3n) is 3.72. The molecule has 4 heteroatoms. The van der Waals surface area contributed by atoms with E-state index in [2.05, 4.69) is 6.07 Å². The molecule has 1 aromatic rings. The lowest BCUT2D eigenvalue weighted by Crippen LogP contribution is -2.40. The molecule has 3 rings (SSSR count). The van der Waals surface area contributed by atoms with Crippen LogP contribution < -0.4 is 0 Å². The van der Waals surface area contributed by atoms with Gasteiger partial charge in [-0.1, -0.05) is 18.2 Å². The first-order valence-corrected chi connectivity index (χ1v) is 6.28. The second-order valence-corrected chi connectivity index (χ2v) is 4.80. The predicted molar refractivity (Wildman–Crippen MR) is 68.3 cm³/mol. The van der Waals surface area contributed by atoms with E-state index in [0.717, 1.165) is 5.57 Å². The summed E-state index contributed by atoms with van der Waals surface area (Å²) in [5.41, 5.74) is 1.72. The van der Waals surface area contributed by atoms with Crippen molar-refractivity contribution in [3.05, 3.63) is 47.0 Å². The molecule has 0 spiro atoms. The van der Waals surface area contributed by atoms with Crippen molar-refractivity contribution in [1.29, 1.82) is 5.26 Å². The highest BCUT2D eigenvalue weighted by molar-refractivity contribution is 6.21. The Kier molecular flexibility index (Phi) is 2.68. The van der Waals surface area contributed by atoms with Gasteiger partial charge in [-0.3, -0.25) is 14.5 Å². The Morgan fingerprint density at radius 3 is 2.26 bits per heavy atom. The maximum absolute atomic E-state index is 12.3. The molecule has 0 bridgehead atoms. The van der Waals surface area contributed by atoms with E-state index in [0.29, 0.717) is 30.4 Å². The van der Waals surface area contributed by atoms with Gasteiger partial charge in [0.2, 0.25) is 0 Å². The van der Waals surface area contributed by atoms with Gasteiger partial charge >= 0.3 is 0 Å². The Hall–Kier alpha value is -2.41. The molecule has 2 amide bonds. The Balaban J connectivity index is 1.90. The van der Waals surface area contributed by atoms with Crippen LogP contribution in [-0.4, -0.2) is 22.8 Å². The van der Waals surface area contributed by atoms with Crippen LogP contribution in [0.25, 0.3) is 0 Å². The smallest absolute Gasteiger partial charge is 0.261 e. The average molecular weight is 252 g/mol. The fraction of sp³-hybridized carbons (Fsp3) is 0.267. The Morgan fingerprint density at radius 2 is 1.79 bits per heavy atom. The van der Waals surface area contributed by atoms with E-state index in [4.69, 9.17) is 5.26 Å². The first-order chi connectivity index (χ1) is 9.22. The van der Waals surface area contributed by atoms with Gasteiger partial charge in [0.15, 0.2) is 0 Å². The van der Waals surface area contributed by atoms with Gasteiger partial charge in [-0.25, -0.2) is 0 Å². The molecule has 0 aromatic heterocycles.